The first kappa shape index (κ1) is 17.4. The van der Waals surface area contributed by atoms with Gasteiger partial charge in [-0.1, -0.05) is 13.3 Å². The van der Waals surface area contributed by atoms with E-state index < -0.39 is 22.2 Å². The van der Waals surface area contributed by atoms with Crippen LogP contribution in [0.3, 0.4) is 0 Å². The lowest BCUT2D eigenvalue weighted by molar-refractivity contribution is -0.148. The Bertz CT molecular complexity index is 411. The first-order chi connectivity index (χ1) is 9.45. The van der Waals surface area contributed by atoms with Crippen LogP contribution in [0.1, 0.15) is 46.0 Å². The topological polar surface area (TPSA) is 66.9 Å². The van der Waals surface area contributed by atoms with Crippen molar-refractivity contribution >= 4 is 16.2 Å². The van der Waals surface area contributed by atoms with E-state index in [1.807, 2.05) is 6.92 Å². The number of rotatable bonds is 7. The number of unbranched alkanes of at least 4 members (excludes halogenated alkanes) is 1. The van der Waals surface area contributed by atoms with Crippen LogP contribution in [-0.4, -0.2) is 55.8 Å². The SMILES string of the molecule is CCCCN(C)S(=O)(=O)N1CCCCC1C(=O)OCC. The maximum absolute atomic E-state index is 12.6. The average Bonchev–Trinajstić information content (AvgIpc) is 2.44. The number of piperidine rings is 1. The van der Waals surface area contributed by atoms with E-state index in [1.165, 1.54) is 8.61 Å². The van der Waals surface area contributed by atoms with E-state index in [-0.39, 0.29) is 6.61 Å². The summed E-state index contributed by atoms with van der Waals surface area (Å²) in [5.41, 5.74) is 0. The summed E-state index contributed by atoms with van der Waals surface area (Å²) in [4.78, 5) is 11.9. The third-order valence-corrected chi connectivity index (χ3v) is 5.53. The molecule has 1 fully saturated rings. The van der Waals surface area contributed by atoms with Crippen molar-refractivity contribution in [3.8, 4) is 0 Å². The van der Waals surface area contributed by atoms with Crippen LogP contribution in [-0.2, 0) is 19.7 Å². The van der Waals surface area contributed by atoms with Crippen molar-refractivity contribution in [2.24, 2.45) is 0 Å². The second-order valence-electron chi connectivity index (χ2n) is 5.06. The van der Waals surface area contributed by atoms with E-state index >= 15 is 0 Å². The molecule has 1 atom stereocenters. The van der Waals surface area contributed by atoms with Gasteiger partial charge in [-0.2, -0.15) is 17.0 Å². The predicted molar refractivity (Wildman–Crippen MR) is 77.4 cm³/mol. The van der Waals surface area contributed by atoms with Crippen LogP contribution in [0.15, 0.2) is 0 Å². The standard InChI is InChI=1S/C13H26N2O4S/c1-4-6-10-14(3)20(17,18)15-11-8-7-9-12(15)13(16)19-5-2/h12H,4-11H2,1-3H3. The molecule has 20 heavy (non-hydrogen) atoms. The average molecular weight is 306 g/mol. The van der Waals surface area contributed by atoms with E-state index in [4.69, 9.17) is 4.74 Å². The molecule has 0 N–H and O–H groups in total. The highest BCUT2D eigenvalue weighted by atomic mass is 32.2. The summed E-state index contributed by atoms with van der Waals surface area (Å²) in [6.45, 7) is 4.89. The highest BCUT2D eigenvalue weighted by Gasteiger charge is 2.39. The largest absolute Gasteiger partial charge is 0.465 e. The predicted octanol–water partition coefficient (Wildman–Crippen LogP) is 1.38. The summed E-state index contributed by atoms with van der Waals surface area (Å²) in [6.07, 6.45) is 3.93. The molecule has 0 bridgehead atoms. The molecule has 6 nitrogen and oxygen atoms in total. The number of nitrogens with zero attached hydrogens (tertiary/aromatic N) is 2. The minimum Gasteiger partial charge on any atom is -0.465 e. The smallest absolute Gasteiger partial charge is 0.324 e. The molecule has 1 aliphatic rings. The summed E-state index contributed by atoms with van der Waals surface area (Å²) in [5.74, 6) is -0.431. The molecule has 118 valence electrons. The maximum Gasteiger partial charge on any atom is 0.324 e. The molecule has 1 aliphatic heterocycles. The Hall–Kier alpha value is -0.660. The van der Waals surface area contributed by atoms with Gasteiger partial charge in [0.15, 0.2) is 0 Å². The minimum atomic E-state index is -3.58. The molecule has 0 spiro atoms. The van der Waals surface area contributed by atoms with Gasteiger partial charge in [0.2, 0.25) is 0 Å². The van der Waals surface area contributed by atoms with Crippen LogP contribution >= 0.6 is 0 Å². The Morgan fingerprint density at radius 3 is 2.65 bits per heavy atom. The number of ether oxygens (including phenoxy) is 1. The van der Waals surface area contributed by atoms with Gasteiger partial charge in [0.05, 0.1) is 6.61 Å². The Morgan fingerprint density at radius 2 is 2.05 bits per heavy atom. The molecular formula is C13H26N2O4S. The molecular weight excluding hydrogens is 280 g/mol. The van der Waals surface area contributed by atoms with Crippen LogP contribution in [0.5, 0.6) is 0 Å². The van der Waals surface area contributed by atoms with Gasteiger partial charge in [-0.15, -0.1) is 0 Å². The molecule has 0 aliphatic carbocycles. The van der Waals surface area contributed by atoms with E-state index in [9.17, 15) is 13.2 Å². The zero-order chi connectivity index (χ0) is 15.2. The Morgan fingerprint density at radius 1 is 1.35 bits per heavy atom. The van der Waals surface area contributed by atoms with E-state index in [2.05, 4.69) is 0 Å². The van der Waals surface area contributed by atoms with Crippen LogP contribution in [0.25, 0.3) is 0 Å². The quantitative estimate of drug-likeness (QED) is 0.667. The number of carbonyl (C=O) groups is 1. The number of hydrogen-bond acceptors (Lipinski definition) is 4. The van der Waals surface area contributed by atoms with Gasteiger partial charge in [-0.3, -0.25) is 4.79 Å². The molecule has 0 radical (unpaired) electrons. The molecule has 1 rings (SSSR count). The second kappa shape index (κ2) is 7.95. The summed E-state index contributed by atoms with van der Waals surface area (Å²) in [7, 11) is -2.01. The monoisotopic (exact) mass is 306 g/mol. The highest BCUT2D eigenvalue weighted by molar-refractivity contribution is 7.86. The lowest BCUT2D eigenvalue weighted by Crippen LogP contribution is -2.53. The van der Waals surface area contributed by atoms with Crippen molar-refractivity contribution in [3.05, 3.63) is 0 Å². The van der Waals surface area contributed by atoms with Crippen LogP contribution in [0, 0.1) is 0 Å². The second-order valence-corrected chi connectivity index (χ2v) is 7.05. The van der Waals surface area contributed by atoms with Crippen molar-refractivity contribution in [1.29, 1.82) is 0 Å². The van der Waals surface area contributed by atoms with Gasteiger partial charge in [-0.25, -0.2) is 0 Å². The molecule has 1 heterocycles. The fourth-order valence-electron chi connectivity index (χ4n) is 2.33. The number of hydrogen-bond donors (Lipinski definition) is 0. The van der Waals surface area contributed by atoms with Gasteiger partial charge in [0.25, 0.3) is 10.2 Å². The van der Waals surface area contributed by atoms with Gasteiger partial charge < -0.3 is 4.74 Å². The third-order valence-electron chi connectivity index (χ3n) is 3.53. The molecule has 7 heteroatoms. The van der Waals surface area contributed by atoms with Gasteiger partial charge in [0.1, 0.15) is 6.04 Å². The summed E-state index contributed by atoms with van der Waals surface area (Å²) < 4.78 is 32.8. The fraction of sp³-hybridized carbons (Fsp3) is 0.923. The van der Waals surface area contributed by atoms with Gasteiger partial charge >= 0.3 is 5.97 Å². The molecule has 1 saturated heterocycles. The Kier molecular flexibility index (Phi) is 6.91. The summed E-state index contributed by atoms with van der Waals surface area (Å²) in [5, 5.41) is 0. The number of esters is 1. The van der Waals surface area contributed by atoms with Crippen molar-refractivity contribution in [3.63, 3.8) is 0 Å². The molecule has 1 unspecified atom stereocenters. The summed E-state index contributed by atoms with van der Waals surface area (Å²) in [6, 6.07) is -0.669. The molecule has 0 aromatic carbocycles. The lowest BCUT2D eigenvalue weighted by Gasteiger charge is -2.35. The lowest BCUT2D eigenvalue weighted by atomic mass is 10.1. The zero-order valence-electron chi connectivity index (χ0n) is 12.7. The normalized spacial score (nSPS) is 21.1. The Labute approximate surface area is 122 Å². The third kappa shape index (κ3) is 4.17. The number of carbonyl (C=O) groups excluding carboxylic acids is 1. The van der Waals surface area contributed by atoms with Crippen molar-refractivity contribution in [2.75, 3.05) is 26.7 Å². The molecule has 0 aromatic rings. The maximum atomic E-state index is 12.6. The molecule has 0 amide bonds. The van der Waals surface area contributed by atoms with Crippen molar-refractivity contribution in [2.45, 2.75) is 52.0 Å². The van der Waals surface area contributed by atoms with E-state index in [0.717, 1.165) is 25.7 Å². The summed E-state index contributed by atoms with van der Waals surface area (Å²) >= 11 is 0. The first-order valence-corrected chi connectivity index (χ1v) is 8.74. The van der Waals surface area contributed by atoms with Crippen LogP contribution < -0.4 is 0 Å². The van der Waals surface area contributed by atoms with Gasteiger partial charge in [0, 0.05) is 20.1 Å². The van der Waals surface area contributed by atoms with Gasteiger partial charge in [-0.05, 0) is 32.6 Å². The van der Waals surface area contributed by atoms with E-state index in [1.54, 1.807) is 14.0 Å². The first-order valence-electron chi connectivity index (χ1n) is 7.34. The van der Waals surface area contributed by atoms with Crippen molar-refractivity contribution in [1.82, 2.24) is 8.61 Å². The minimum absolute atomic E-state index is 0.273. The zero-order valence-corrected chi connectivity index (χ0v) is 13.5. The van der Waals surface area contributed by atoms with Crippen LogP contribution in [0.4, 0.5) is 0 Å². The molecule has 0 aromatic heterocycles. The van der Waals surface area contributed by atoms with Crippen molar-refractivity contribution < 1.29 is 17.9 Å². The highest BCUT2D eigenvalue weighted by Crippen LogP contribution is 2.23. The van der Waals surface area contributed by atoms with E-state index in [0.29, 0.717) is 19.5 Å². The Balaban J connectivity index is 2.85. The van der Waals surface area contributed by atoms with Crippen LogP contribution in [0.2, 0.25) is 0 Å². The fourth-order valence-corrected chi connectivity index (χ4v) is 3.92. The molecule has 0 saturated carbocycles.